The van der Waals surface area contributed by atoms with Gasteiger partial charge in [0.25, 0.3) is 5.56 Å². The Kier molecular flexibility index (Phi) is 5.33. The molecule has 1 aromatic carbocycles. The topological polar surface area (TPSA) is 76.9 Å². The average molecular weight is 432 g/mol. The molecule has 0 unspecified atom stereocenters. The van der Waals surface area contributed by atoms with E-state index in [0.717, 1.165) is 55.3 Å². The van der Waals surface area contributed by atoms with Crippen molar-refractivity contribution in [1.82, 2.24) is 20.1 Å². The normalized spacial score (nSPS) is 21.7. The Hall–Kier alpha value is -3.35. The van der Waals surface area contributed by atoms with Gasteiger partial charge in [0.15, 0.2) is 0 Å². The molecule has 2 aliphatic carbocycles. The maximum atomic E-state index is 13.3. The average Bonchev–Trinajstić information content (AvgIpc) is 3.63. The lowest BCUT2D eigenvalue weighted by molar-refractivity contribution is -0.124. The first-order valence-corrected chi connectivity index (χ1v) is 11.1. The Labute approximate surface area is 185 Å². The summed E-state index contributed by atoms with van der Waals surface area (Å²) >= 11 is 0. The lowest BCUT2D eigenvalue weighted by Crippen LogP contribution is -2.44. The molecule has 0 spiro atoms. The summed E-state index contributed by atoms with van der Waals surface area (Å²) in [6, 6.07) is 13.4. The molecule has 5 rings (SSSR count). The molecule has 2 aromatic heterocycles. The quantitative estimate of drug-likeness (QED) is 0.666. The Morgan fingerprint density at radius 1 is 0.969 bits per heavy atom. The van der Waals surface area contributed by atoms with Crippen molar-refractivity contribution in [2.24, 2.45) is 0 Å². The van der Waals surface area contributed by atoms with Crippen LogP contribution >= 0.6 is 0 Å². The van der Waals surface area contributed by atoms with E-state index in [4.69, 9.17) is 0 Å². The Balaban J connectivity index is 1.24. The highest BCUT2D eigenvalue weighted by atomic mass is 19.1. The summed E-state index contributed by atoms with van der Waals surface area (Å²) in [5.41, 5.74) is 1.93. The van der Waals surface area contributed by atoms with Gasteiger partial charge in [-0.25, -0.2) is 9.07 Å². The zero-order valence-electron chi connectivity index (χ0n) is 17.7. The van der Waals surface area contributed by atoms with E-state index in [0.29, 0.717) is 0 Å². The third-order valence-electron chi connectivity index (χ3n) is 6.76. The number of amides is 1. The van der Waals surface area contributed by atoms with Crippen molar-refractivity contribution < 1.29 is 9.18 Å². The molecule has 0 radical (unpaired) electrons. The molecule has 2 aliphatic rings. The zero-order chi connectivity index (χ0) is 22.1. The molecule has 3 aromatic rings. The first kappa shape index (κ1) is 20.5. The van der Waals surface area contributed by atoms with Crippen molar-refractivity contribution in [1.29, 1.82) is 0 Å². The van der Waals surface area contributed by atoms with Gasteiger partial charge in [-0.3, -0.25) is 14.6 Å². The number of nitrogens with zero attached hydrogens (tertiary/aromatic N) is 3. The van der Waals surface area contributed by atoms with Crippen LogP contribution in [0.25, 0.3) is 11.3 Å². The fourth-order valence-electron chi connectivity index (χ4n) is 4.69. The van der Waals surface area contributed by atoms with E-state index in [1.807, 2.05) is 12.1 Å². The van der Waals surface area contributed by atoms with Gasteiger partial charge in [0.2, 0.25) is 5.91 Å². The summed E-state index contributed by atoms with van der Waals surface area (Å²) in [4.78, 5) is 29.5. The Morgan fingerprint density at radius 2 is 1.66 bits per heavy atom. The number of halogens is 1. The number of aromatic nitrogens is 3. The van der Waals surface area contributed by atoms with E-state index < -0.39 is 5.41 Å². The van der Waals surface area contributed by atoms with Gasteiger partial charge < -0.3 is 5.32 Å². The fraction of sp³-hybridized carbons (Fsp3) is 0.360. The first-order chi connectivity index (χ1) is 15.5. The standard InChI is InChI=1S/C25H25FN4O2/c26-19-3-1-18(2-4-19)25(13-14-25)24(32)28-20-5-7-21(8-6-20)30-23(31)10-9-22(29-30)17-11-15-27-16-12-17/h1-4,9-12,15-16,20-21H,5-8,13-14H2,(H,28,32). The highest BCUT2D eigenvalue weighted by molar-refractivity contribution is 5.91. The van der Waals surface area contributed by atoms with Crippen LogP contribution in [0, 0.1) is 5.82 Å². The van der Waals surface area contributed by atoms with Crippen molar-refractivity contribution in [2.75, 3.05) is 0 Å². The van der Waals surface area contributed by atoms with Crippen LogP contribution in [0.5, 0.6) is 0 Å². The molecule has 32 heavy (non-hydrogen) atoms. The summed E-state index contributed by atoms with van der Waals surface area (Å²) in [6.45, 7) is 0. The van der Waals surface area contributed by atoms with E-state index in [9.17, 15) is 14.0 Å². The maximum Gasteiger partial charge on any atom is 0.267 e. The third kappa shape index (κ3) is 3.95. The summed E-state index contributed by atoms with van der Waals surface area (Å²) < 4.78 is 14.9. The highest BCUT2D eigenvalue weighted by Gasteiger charge is 2.51. The van der Waals surface area contributed by atoms with Crippen LogP contribution in [-0.2, 0) is 10.2 Å². The molecule has 0 atom stereocenters. The molecule has 1 N–H and O–H groups in total. The second kappa shape index (κ2) is 8.30. The predicted molar refractivity (Wildman–Crippen MR) is 118 cm³/mol. The molecular formula is C25H25FN4O2. The maximum absolute atomic E-state index is 13.3. The Bertz CT molecular complexity index is 1160. The van der Waals surface area contributed by atoms with Gasteiger partial charge in [0.05, 0.1) is 17.2 Å². The molecule has 2 fully saturated rings. The number of rotatable bonds is 5. The van der Waals surface area contributed by atoms with Gasteiger partial charge in [-0.15, -0.1) is 0 Å². The summed E-state index contributed by atoms with van der Waals surface area (Å²) in [7, 11) is 0. The van der Waals surface area contributed by atoms with E-state index in [1.165, 1.54) is 12.1 Å². The number of carbonyl (C=O) groups excluding carboxylic acids is 1. The molecule has 164 valence electrons. The van der Waals surface area contributed by atoms with Crippen LogP contribution in [0.1, 0.15) is 50.1 Å². The van der Waals surface area contributed by atoms with Crippen molar-refractivity contribution >= 4 is 5.91 Å². The molecule has 2 heterocycles. The van der Waals surface area contributed by atoms with Crippen LogP contribution in [0.3, 0.4) is 0 Å². The summed E-state index contributed by atoms with van der Waals surface area (Å²) in [5, 5.41) is 7.82. The lowest BCUT2D eigenvalue weighted by Gasteiger charge is -2.31. The van der Waals surface area contributed by atoms with Crippen LogP contribution < -0.4 is 10.9 Å². The van der Waals surface area contributed by atoms with Gasteiger partial charge in [0.1, 0.15) is 5.82 Å². The number of carbonyl (C=O) groups is 1. The number of hydrogen-bond donors (Lipinski definition) is 1. The van der Waals surface area contributed by atoms with Crippen LogP contribution in [-0.4, -0.2) is 26.7 Å². The molecule has 0 saturated heterocycles. The van der Waals surface area contributed by atoms with Crippen LogP contribution in [0.2, 0.25) is 0 Å². The second-order valence-corrected chi connectivity index (χ2v) is 8.81. The monoisotopic (exact) mass is 432 g/mol. The molecule has 7 heteroatoms. The highest BCUT2D eigenvalue weighted by Crippen LogP contribution is 2.48. The Morgan fingerprint density at radius 3 is 2.31 bits per heavy atom. The van der Waals surface area contributed by atoms with Crippen molar-refractivity contribution in [3.63, 3.8) is 0 Å². The van der Waals surface area contributed by atoms with E-state index in [-0.39, 0.29) is 29.4 Å². The van der Waals surface area contributed by atoms with Gasteiger partial charge in [-0.2, -0.15) is 5.10 Å². The van der Waals surface area contributed by atoms with Crippen molar-refractivity contribution in [3.8, 4) is 11.3 Å². The second-order valence-electron chi connectivity index (χ2n) is 8.81. The number of nitrogens with one attached hydrogen (secondary N) is 1. The summed E-state index contributed by atoms with van der Waals surface area (Å²) in [5.74, 6) is -0.261. The zero-order valence-corrected chi connectivity index (χ0v) is 17.7. The number of benzene rings is 1. The molecular weight excluding hydrogens is 407 g/mol. The SMILES string of the molecule is O=C(NC1CCC(n2nc(-c3ccncc3)ccc2=O)CC1)C1(c2ccc(F)cc2)CC1. The van der Waals surface area contributed by atoms with E-state index in [2.05, 4.69) is 15.4 Å². The fourth-order valence-corrected chi connectivity index (χ4v) is 4.69. The first-order valence-electron chi connectivity index (χ1n) is 11.1. The van der Waals surface area contributed by atoms with Gasteiger partial charge >= 0.3 is 0 Å². The minimum absolute atomic E-state index is 0.0180. The molecule has 0 aliphatic heterocycles. The minimum Gasteiger partial charge on any atom is -0.353 e. The third-order valence-corrected chi connectivity index (χ3v) is 6.76. The van der Waals surface area contributed by atoms with Gasteiger partial charge in [0, 0.05) is 30.1 Å². The number of pyridine rings is 1. The van der Waals surface area contributed by atoms with Crippen molar-refractivity contribution in [2.45, 2.75) is 56.0 Å². The van der Waals surface area contributed by atoms with Crippen LogP contribution in [0.4, 0.5) is 4.39 Å². The largest absolute Gasteiger partial charge is 0.353 e. The van der Waals surface area contributed by atoms with Crippen molar-refractivity contribution in [3.05, 3.63) is 82.7 Å². The minimum atomic E-state index is -0.512. The van der Waals surface area contributed by atoms with E-state index >= 15 is 0 Å². The molecule has 2 saturated carbocycles. The van der Waals surface area contributed by atoms with E-state index in [1.54, 1.807) is 41.3 Å². The smallest absolute Gasteiger partial charge is 0.267 e. The molecule has 6 nitrogen and oxygen atoms in total. The van der Waals surface area contributed by atoms with Crippen LogP contribution in [0.15, 0.2) is 65.7 Å². The van der Waals surface area contributed by atoms with Gasteiger partial charge in [-0.05, 0) is 74.4 Å². The lowest BCUT2D eigenvalue weighted by atomic mass is 9.89. The van der Waals surface area contributed by atoms with Gasteiger partial charge in [-0.1, -0.05) is 12.1 Å². The molecule has 0 bridgehead atoms. The molecule has 1 amide bonds. The predicted octanol–water partition coefficient (Wildman–Crippen LogP) is 3.78. The number of hydrogen-bond acceptors (Lipinski definition) is 4. The summed E-state index contributed by atoms with van der Waals surface area (Å²) in [6.07, 6.45) is 8.15.